The molecule has 0 aromatic heterocycles. The Labute approximate surface area is 140 Å². The maximum Gasteiger partial charge on any atom is 1.00 e. The van der Waals surface area contributed by atoms with Crippen LogP contribution in [-0.2, 0) is 15.0 Å². The van der Waals surface area contributed by atoms with Crippen LogP contribution in [0.3, 0.4) is 0 Å². The second kappa shape index (κ2) is 6.57. The minimum atomic E-state index is -1.19. The van der Waals surface area contributed by atoms with Gasteiger partial charge >= 0.3 is 29.6 Å². The SMILES string of the molecule is C=C(C)CNC(=O)[C@@H]1C[C@@]1(C(=O)[O-])c1ccccc1.[Na+]. The van der Waals surface area contributed by atoms with Gasteiger partial charge in [0, 0.05) is 12.0 Å². The molecule has 1 aromatic carbocycles. The van der Waals surface area contributed by atoms with Crippen molar-refractivity contribution in [2.24, 2.45) is 5.92 Å². The van der Waals surface area contributed by atoms with Crippen molar-refractivity contribution in [2.75, 3.05) is 6.54 Å². The Bertz CT molecular complexity index is 529. The first-order chi connectivity index (χ1) is 8.98. The summed E-state index contributed by atoms with van der Waals surface area (Å²) in [5.41, 5.74) is 0.290. The maximum atomic E-state index is 12.0. The molecule has 1 saturated carbocycles. The van der Waals surface area contributed by atoms with Crippen LogP contribution in [0.25, 0.3) is 0 Å². The Morgan fingerprint density at radius 1 is 1.40 bits per heavy atom. The minimum absolute atomic E-state index is 0. The zero-order valence-corrected chi connectivity index (χ0v) is 13.8. The first-order valence-electron chi connectivity index (χ1n) is 6.17. The molecule has 2 rings (SSSR count). The first kappa shape index (κ1) is 17.0. The summed E-state index contributed by atoms with van der Waals surface area (Å²) in [5.74, 6) is -2.00. The van der Waals surface area contributed by atoms with Crippen molar-refractivity contribution in [1.82, 2.24) is 5.32 Å². The van der Waals surface area contributed by atoms with E-state index in [0.717, 1.165) is 5.57 Å². The second-order valence-corrected chi connectivity index (χ2v) is 5.06. The van der Waals surface area contributed by atoms with Crippen LogP contribution >= 0.6 is 0 Å². The third kappa shape index (κ3) is 3.14. The van der Waals surface area contributed by atoms with E-state index in [4.69, 9.17) is 0 Å². The van der Waals surface area contributed by atoms with Gasteiger partial charge in [-0.1, -0.05) is 42.5 Å². The van der Waals surface area contributed by atoms with E-state index in [-0.39, 0.29) is 35.5 Å². The van der Waals surface area contributed by atoms with Gasteiger partial charge in [-0.05, 0) is 18.9 Å². The van der Waals surface area contributed by atoms with Gasteiger partial charge in [-0.25, -0.2) is 0 Å². The number of rotatable bonds is 5. The number of nitrogens with one attached hydrogen (secondary N) is 1. The number of aliphatic carboxylic acids is 1. The molecule has 0 spiro atoms. The molecule has 1 aromatic rings. The van der Waals surface area contributed by atoms with Crippen LogP contribution in [0.5, 0.6) is 0 Å². The van der Waals surface area contributed by atoms with Crippen LogP contribution in [0.4, 0.5) is 0 Å². The number of carboxylic acids is 1. The van der Waals surface area contributed by atoms with Gasteiger partial charge in [0.15, 0.2) is 0 Å². The van der Waals surface area contributed by atoms with E-state index in [1.165, 1.54) is 0 Å². The van der Waals surface area contributed by atoms with Crippen molar-refractivity contribution in [2.45, 2.75) is 18.8 Å². The fourth-order valence-corrected chi connectivity index (χ4v) is 2.34. The normalized spacial score (nSPS) is 23.4. The van der Waals surface area contributed by atoms with E-state index in [1.54, 1.807) is 31.2 Å². The monoisotopic (exact) mass is 281 g/mol. The zero-order chi connectivity index (χ0) is 14.0. The molecule has 4 nitrogen and oxygen atoms in total. The van der Waals surface area contributed by atoms with Crippen molar-refractivity contribution in [3.05, 3.63) is 48.0 Å². The van der Waals surface area contributed by atoms with Gasteiger partial charge < -0.3 is 15.2 Å². The Morgan fingerprint density at radius 3 is 2.50 bits per heavy atom. The van der Waals surface area contributed by atoms with Crippen LogP contribution in [0.2, 0.25) is 0 Å². The first-order valence-corrected chi connectivity index (χ1v) is 6.17. The number of hydrogen-bond acceptors (Lipinski definition) is 3. The van der Waals surface area contributed by atoms with E-state index in [1.807, 2.05) is 6.07 Å². The predicted octanol–water partition coefficient (Wildman–Crippen LogP) is -2.61. The molecule has 1 aliphatic carbocycles. The second-order valence-electron chi connectivity index (χ2n) is 5.06. The molecule has 1 aliphatic rings. The Balaban J connectivity index is 0.00000200. The van der Waals surface area contributed by atoms with Crippen LogP contribution in [0, 0.1) is 5.92 Å². The molecule has 0 bridgehead atoms. The van der Waals surface area contributed by atoms with Crippen LogP contribution in [0.15, 0.2) is 42.5 Å². The molecule has 0 saturated heterocycles. The quantitative estimate of drug-likeness (QED) is 0.475. The standard InChI is InChI=1S/C15H17NO3.Na/c1-10(2)9-16-13(17)12-8-15(12,14(18)19)11-6-4-3-5-7-11;/h3-7,12H,1,8-9H2,2H3,(H,16,17)(H,18,19);/q;+1/p-1/t12-,15+;/m0./s1. The number of carbonyl (C=O) groups excluding carboxylic acids is 2. The van der Waals surface area contributed by atoms with Gasteiger partial charge in [-0.3, -0.25) is 4.79 Å². The molecule has 0 heterocycles. The molecular formula is C15H16NNaO3. The van der Waals surface area contributed by atoms with Crippen LogP contribution in [0.1, 0.15) is 18.9 Å². The largest absolute Gasteiger partial charge is 1.00 e. The summed E-state index contributed by atoms with van der Waals surface area (Å²) in [4.78, 5) is 23.4. The number of benzene rings is 1. The average Bonchev–Trinajstić information content (AvgIpc) is 3.14. The van der Waals surface area contributed by atoms with Crippen molar-refractivity contribution in [3.63, 3.8) is 0 Å². The topological polar surface area (TPSA) is 69.2 Å². The summed E-state index contributed by atoms with van der Waals surface area (Å²) in [5, 5.41) is 14.1. The molecule has 0 radical (unpaired) electrons. The third-order valence-electron chi connectivity index (χ3n) is 3.49. The molecule has 1 fully saturated rings. The Morgan fingerprint density at radius 2 is 2.00 bits per heavy atom. The van der Waals surface area contributed by atoms with Crippen molar-refractivity contribution in [1.29, 1.82) is 0 Å². The van der Waals surface area contributed by atoms with E-state index in [9.17, 15) is 14.7 Å². The minimum Gasteiger partial charge on any atom is -0.549 e. The molecular weight excluding hydrogens is 265 g/mol. The molecule has 20 heavy (non-hydrogen) atoms. The van der Waals surface area contributed by atoms with Gasteiger partial charge in [0.05, 0.1) is 11.9 Å². The molecule has 1 amide bonds. The van der Waals surface area contributed by atoms with Crippen molar-refractivity contribution >= 4 is 11.9 Å². The van der Waals surface area contributed by atoms with E-state index < -0.39 is 17.3 Å². The van der Waals surface area contributed by atoms with Gasteiger partial charge in [0.25, 0.3) is 0 Å². The summed E-state index contributed by atoms with van der Waals surface area (Å²) >= 11 is 0. The molecule has 0 unspecified atom stereocenters. The van der Waals surface area contributed by atoms with Gasteiger partial charge in [-0.2, -0.15) is 0 Å². The average molecular weight is 281 g/mol. The predicted molar refractivity (Wildman–Crippen MR) is 69.1 cm³/mol. The summed E-state index contributed by atoms with van der Waals surface area (Å²) in [6.07, 6.45) is 0.293. The summed E-state index contributed by atoms with van der Waals surface area (Å²) in [6.45, 7) is 5.86. The Hall–Kier alpha value is -1.10. The summed E-state index contributed by atoms with van der Waals surface area (Å²) < 4.78 is 0. The van der Waals surface area contributed by atoms with E-state index >= 15 is 0 Å². The van der Waals surface area contributed by atoms with Crippen LogP contribution in [-0.4, -0.2) is 18.4 Å². The van der Waals surface area contributed by atoms with Crippen LogP contribution < -0.4 is 40.0 Å². The number of hydrogen-bond donors (Lipinski definition) is 1. The van der Waals surface area contributed by atoms with Gasteiger partial charge in [-0.15, -0.1) is 0 Å². The maximum absolute atomic E-state index is 12.0. The van der Waals surface area contributed by atoms with Gasteiger partial charge in [0.2, 0.25) is 5.91 Å². The zero-order valence-electron chi connectivity index (χ0n) is 11.8. The van der Waals surface area contributed by atoms with E-state index in [0.29, 0.717) is 18.5 Å². The number of amides is 1. The van der Waals surface area contributed by atoms with Crippen molar-refractivity contribution < 1.29 is 44.3 Å². The smallest absolute Gasteiger partial charge is 0.549 e. The Kier molecular flexibility index (Phi) is 5.57. The summed E-state index contributed by atoms with van der Waals surface area (Å²) in [7, 11) is 0. The molecule has 0 aliphatic heterocycles. The molecule has 5 heteroatoms. The molecule has 2 atom stereocenters. The number of carbonyl (C=O) groups is 2. The molecule has 1 N–H and O–H groups in total. The number of carboxylic acid groups (broad SMARTS) is 1. The fraction of sp³-hybridized carbons (Fsp3) is 0.333. The summed E-state index contributed by atoms with van der Waals surface area (Å²) in [6, 6.07) is 8.79. The fourth-order valence-electron chi connectivity index (χ4n) is 2.34. The third-order valence-corrected chi connectivity index (χ3v) is 3.49. The van der Waals surface area contributed by atoms with Gasteiger partial charge in [0.1, 0.15) is 0 Å². The van der Waals surface area contributed by atoms with Crippen molar-refractivity contribution in [3.8, 4) is 0 Å². The molecule has 100 valence electrons. The van der Waals surface area contributed by atoms with E-state index in [2.05, 4.69) is 11.9 Å².